The molecule has 102 valence electrons. The number of benzene rings is 1. The molecular formula is C12H13ClFN3OS. The lowest BCUT2D eigenvalue weighted by Crippen LogP contribution is -2.11. The minimum absolute atomic E-state index is 0.241. The predicted octanol–water partition coefficient (Wildman–Crippen LogP) is 3.28. The molecule has 1 heterocycles. The number of nitrogens with two attached hydrogens (primary N) is 1. The third kappa shape index (κ3) is 3.46. The van der Waals surface area contributed by atoms with E-state index in [2.05, 4.69) is 10.1 Å². The SMILES string of the molecule is CSCC[C@@H](N)c1nc(-c2ccc(F)cc2Cl)no1. The van der Waals surface area contributed by atoms with Gasteiger partial charge in [0.1, 0.15) is 5.82 Å². The van der Waals surface area contributed by atoms with Crippen molar-refractivity contribution in [1.29, 1.82) is 0 Å². The number of halogens is 2. The lowest BCUT2D eigenvalue weighted by molar-refractivity contribution is 0.353. The Morgan fingerprint density at radius 1 is 1.53 bits per heavy atom. The Bertz CT molecular complexity index is 564. The Balaban J connectivity index is 2.20. The molecule has 0 aliphatic rings. The Hall–Kier alpha value is -1.11. The highest BCUT2D eigenvalue weighted by Crippen LogP contribution is 2.27. The van der Waals surface area contributed by atoms with Crippen molar-refractivity contribution in [3.8, 4) is 11.4 Å². The van der Waals surface area contributed by atoms with Crippen molar-refractivity contribution < 1.29 is 8.91 Å². The minimum Gasteiger partial charge on any atom is -0.337 e. The molecule has 0 saturated heterocycles. The average Bonchev–Trinajstić information content (AvgIpc) is 2.85. The van der Waals surface area contributed by atoms with Crippen molar-refractivity contribution in [2.45, 2.75) is 12.5 Å². The fourth-order valence-corrected chi connectivity index (χ4v) is 2.28. The topological polar surface area (TPSA) is 64.9 Å². The quantitative estimate of drug-likeness (QED) is 0.918. The van der Waals surface area contributed by atoms with Crippen molar-refractivity contribution in [3.05, 3.63) is 34.9 Å². The van der Waals surface area contributed by atoms with Crippen LogP contribution in [0.25, 0.3) is 11.4 Å². The van der Waals surface area contributed by atoms with Crippen molar-refractivity contribution >= 4 is 23.4 Å². The van der Waals surface area contributed by atoms with E-state index in [0.29, 0.717) is 17.3 Å². The van der Waals surface area contributed by atoms with Crippen molar-refractivity contribution in [3.63, 3.8) is 0 Å². The maximum absolute atomic E-state index is 13.0. The monoisotopic (exact) mass is 301 g/mol. The largest absolute Gasteiger partial charge is 0.337 e. The average molecular weight is 302 g/mol. The van der Waals surface area contributed by atoms with Crippen molar-refractivity contribution in [2.75, 3.05) is 12.0 Å². The summed E-state index contributed by atoms with van der Waals surface area (Å²) in [7, 11) is 0. The minimum atomic E-state index is -0.408. The summed E-state index contributed by atoms with van der Waals surface area (Å²) < 4.78 is 18.1. The third-order valence-electron chi connectivity index (χ3n) is 2.56. The zero-order chi connectivity index (χ0) is 13.8. The van der Waals surface area contributed by atoms with Crippen molar-refractivity contribution in [1.82, 2.24) is 10.1 Å². The molecule has 2 N–H and O–H groups in total. The first-order valence-electron chi connectivity index (χ1n) is 5.65. The number of aromatic nitrogens is 2. The normalized spacial score (nSPS) is 12.6. The molecule has 19 heavy (non-hydrogen) atoms. The van der Waals surface area contributed by atoms with Crippen molar-refractivity contribution in [2.24, 2.45) is 5.73 Å². The summed E-state index contributed by atoms with van der Waals surface area (Å²) in [6.45, 7) is 0. The zero-order valence-electron chi connectivity index (χ0n) is 10.3. The van der Waals surface area contributed by atoms with Gasteiger partial charge in [-0.25, -0.2) is 4.39 Å². The van der Waals surface area contributed by atoms with Gasteiger partial charge in [0.15, 0.2) is 0 Å². The molecule has 0 amide bonds. The molecule has 1 aromatic heterocycles. The lowest BCUT2D eigenvalue weighted by Gasteiger charge is -2.03. The second kappa shape index (κ2) is 6.36. The Labute approximate surface area is 119 Å². The van der Waals surface area contributed by atoms with Crippen LogP contribution in [0.2, 0.25) is 5.02 Å². The summed E-state index contributed by atoms with van der Waals surface area (Å²) in [5, 5.41) is 4.07. The van der Waals surface area contributed by atoms with E-state index in [1.165, 1.54) is 18.2 Å². The fraction of sp³-hybridized carbons (Fsp3) is 0.333. The van der Waals surface area contributed by atoms with Gasteiger partial charge in [0.25, 0.3) is 0 Å². The van der Waals surface area contributed by atoms with Gasteiger partial charge in [-0.15, -0.1) is 0 Å². The molecule has 1 atom stereocenters. The molecule has 0 saturated carbocycles. The molecule has 0 aliphatic heterocycles. The first-order chi connectivity index (χ1) is 9.11. The number of rotatable bonds is 5. The van der Waals surface area contributed by atoms with Gasteiger partial charge in [-0.3, -0.25) is 0 Å². The van der Waals surface area contributed by atoms with Crippen LogP contribution >= 0.6 is 23.4 Å². The highest BCUT2D eigenvalue weighted by atomic mass is 35.5. The summed E-state index contributed by atoms with van der Waals surface area (Å²) in [6.07, 6.45) is 2.75. The smallest absolute Gasteiger partial charge is 0.243 e. The van der Waals surface area contributed by atoms with Crippen LogP contribution in [0.3, 0.4) is 0 Å². The summed E-state index contributed by atoms with van der Waals surface area (Å²) in [4.78, 5) is 4.20. The van der Waals surface area contributed by atoms with Crippen LogP contribution in [-0.4, -0.2) is 22.1 Å². The number of thioether (sulfide) groups is 1. The van der Waals surface area contributed by atoms with E-state index in [0.717, 1.165) is 12.2 Å². The predicted molar refractivity (Wildman–Crippen MR) is 74.6 cm³/mol. The van der Waals surface area contributed by atoms with E-state index in [9.17, 15) is 4.39 Å². The van der Waals surface area contributed by atoms with Crippen LogP contribution in [0, 0.1) is 5.82 Å². The molecule has 0 bridgehead atoms. The van der Waals surface area contributed by atoms with Crippen LogP contribution in [-0.2, 0) is 0 Å². The van der Waals surface area contributed by atoms with Crippen LogP contribution < -0.4 is 5.73 Å². The van der Waals surface area contributed by atoms with Crippen LogP contribution in [0.15, 0.2) is 22.7 Å². The molecule has 7 heteroatoms. The van der Waals surface area contributed by atoms with Gasteiger partial charge in [-0.2, -0.15) is 16.7 Å². The Kier molecular flexibility index (Phi) is 4.79. The molecule has 1 aromatic carbocycles. The van der Waals surface area contributed by atoms with E-state index in [1.807, 2.05) is 6.26 Å². The van der Waals surface area contributed by atoms with Gasteiger partial charge in [0.05, 0.1) is 11.1 Å². The van der Waals surface area contributed by atoms with E-state index >= 15 is 0 Å². The summed E-state index contributed by atoms with van der Waals surface area (Å²) in [6, 6.07) is 3.72. The molecule has 0 unspecified atom stereocenters. The highest BCUT2D eigenvalue weighted by Gasteiger charge is 2.17. The molecule has 2 aromatic rings. The first kappa shape index (κ1) is 14.3. The first-order valence-corrected chi connectivity index (χ1v) is 7.42. The van der Waals surface area contributed by atoms with Gasteiger partial charge in [0, 0.05) is 5.56 Å². The maximum atomic E-state index is 13.0. The molecule has 0 radical (unpaired) electrons. The van der Waals surface area contributed by atoms with Crippen LogP contribution in [0.4, 0.5) is 4.39 Å². The molecule has 4 nitrogen and oxygen atoms in total. The molecule has 0 aliphatic carbocycles. The van der Waals surface area contributed by atoms with E-state index in [4.69, 9.17) is 21.9 Å². The lowest BCUT2D eigenvalue weighted by atomic mass is 10.2. The van der Waals surface area contributed by atoms with E-state index in [-0.39, 0.29) is 11.1 Å². The maximum Gasteiger partial charge on any atom is 0.243 e. The zero-order valence-corrected chi connectivity index (χ0v) is 11.8. The van der Waals surface area contributed by atoms with Gasteiger partial charge in [0.2, 0.25) is 11.7 Å². The van der Waals surface area contributed by atoms with E-state index < -0.39 is 5.82 Å². The second-order valence-corrected chi connectivity index (χ2v) is 5.36. The fourth-order valence-electron chi connectivity index (χ4n) is 1.53. The summed E-state index contributed by atoms with van der Waals surface area (Å²) in [5.74, 6) is 1.19. The molecular weight excluding hydrogens is 289 g/mol. The van der Waals surface area contributed by atoms with Gasteiger partial charge in [-0.1, -0.05) is 16.8 Å². The van der Waals surface area contributed by atoms with Gasteiger partial charge >= 0.3 is 0 Å². The number of hydrogen-bond donors (Lipinski definition) is 1. The van der Waals surface area contributed by atoms with Crippen LogP contribution in [0.5, 0.6) is 0 Å². The standard InChI is InChI=1S/C12H13ClFN3OS/c1-19-5-4-10(15)12-16-11(17-18-12)8-3-2-7(14)6-9(8)13/h2-3,6,10H,4-5,15H2,1H3/t10-/m1/s1. The number of hydrogen-bond acceptors (Lipinski definition) is 5. The van der Waals surface area contributed by atoms with Crippen LogP contribution in [0.1, 0.15) is 18.4 Å². The summed E-state index contributed by atoms with van der Waals surface area (Å²) in [5.41, 5.74) is 6.46. The molecule has 2 rings (SSSR count). The molecule has 0 fully saturated rings. The molecule has 0 spiro atoms. The highest BCUT2D eigenvalue weighted by molar-refractivity contribution is 7.98. The second-order valence-electron chi connectivity index (χ2n) is 3.97. The number of nitrogens with zero attached hydrogens (tertiary/aromatic N) is 2. The summed E-state index contributed by atoms with van der Waals surface area (Å²) >= 11 is 7.64. The van der Waals surface area contributed by atoms with E-state index in [1.54, 1.807) is 11.8 Å². The van der Waals surface area contributed by atoms with Gasteiger partial charge < -0.3 is 10.3 Å². The third-order valence-corrected chi connectivity index (χ3v) is 3.52. The Morgan fingerprint density at radius 3 is 3.00 bits per heavy atom. The Morgan fingerprint density at radius 2 is 2.32 bits per heavy atom. The van der Waals surface area contributed by atoms with Gasteiger partial charge in [-0.05, 0) is 36.6 Å².